The second-order valence-electron chi connectivity index (χ2n) is 5.73. The molecule has 2 rings (SSSR count). The summed E-state index contributed by atoms with van der Waals surface area (Å²) in [6.07, 6.45) is 3.21. The molecule has 0 fully saturated rings. The lowest BCUT2D eigenvalue weighted by atomic mass is 10.00. The van der Waals surface area contributed by atoms with E-state index in [1.807, 2.05) is 16.8 Å². The quantitative estimate of drug-likeness (QED) is 0.856. The molecule has 0 amide bonds. The topological polar surface area (TPSA) is 29.9 Å². The van der Waals surface area contributed by atoms with Crippen molar-refractivity contribution in [2.24, 2.45) is 0 Å². The van der Waals surface area contributed by atoms with Gasteiger partial charge in [0.15, 0.2) is 0 Å². The lowest BCUT2D eigenvalue weighted by Gasteiger charge is -2.13. The van der Waals surface area contributed by atoms with Crippen LogP contribution < -0.4 is 5.32 Å². The molecule has 0 saturated carbocycles. The fourth-order valence-corrected chi connectivity index (χ4v) is 2.57. The number of hydrogen-bond donors (Lipinski definition) is 1. The van der Waals surface area contributed by atoms with E-state index in [2.05, 4.69) is 50.4 Å². The Morgan fingerprint density at radius 1 is 1.29 bits per heavy atom. The van der Waals surface area contributed by atoms with E-state index in [9.17, 15) is 0 Å². The molecule has 1 N–H and O–H groups in total. The predicted molar refractivity (Wildman–Crippen MR) is 89.7 cm³/mol. The van der Waals surface area contributed by atoms with E-state index in [0.717, 1.165) is 30.2 Å². The SMILES string of the molecule is CCCn1cc(-c2cc(Cl)ccc2CNC(C)C)c(C)n1. The van der Waals surface area contributed by atoms with E-state index < -0.39 is 0 Å². The van der Waals surface area contributed by atoms with Gasteiger partial charge in [-0.1, -0.05) is 38.4 Å². The molecule has 114 valence electrons. The first-order valence-corrected chi connectivity index (χ1v) is 7.95. The number of nitrogens with one attached hydrogen (secondary N) is 1. The number of hydrogen-bond acceptors (Lipinski definition) is 2. The van der Waals surface area contributed by atoms with E-state index >= 15 is 0 Å². The zero-order valence-electron chi connectivity index (χ0n) is 13.3. The van der Waals surface area contributed by atoms with Gasteiger partial charge in [-0.05, 0) is 36.6 Å². The van der Waals surface area contributed by atoms with Crippen LogP contribution in [0.5, 0.6) is 0 Å². The molecule has 0 radical (unpaired) electrons. The van der Waals surface area contributed by atoms with Crippen LogP contribution in [0.1, 0.15) is 38.4 Å². The van der Waals surface area contributed by atoms with Crippen LogP contribution in [-0.4, -0.2) is 15.8 Å². The van der Waals surface area contributed by atoms with Gasteiger partial charge in [0.1, 0.15) is 0 Å². The molecule has 0 aliphatic heterocycles. The summed E-state index contributed by atoms with van der Waals surface area (Å²) in [4.78, 5) is 0. The van der Waals surface area contributed by atoms with Crippen molar-refractivity contribution in [2.45, 2.75) is 53.2 Å². The molecule has 21 heavy (non-hydrogen) atoms. The van der Waals surface area contributed by atoms with E-state index in [1.54, 1.807) is 0 Å². The molecule has 3 nitrogen and oxygen atoms in total. The Kier molecular flexibility index (Phi) is 5.43. The molecule has 0 saturated heterocycles. The van der Waals surface area contributed by atoms with Crippen LogP contribution in [0, 0.1) is 6.92 Å². The molecule has 0 atom stereocenters. The molecule has 4 heteroatoms. The summed E-state index contributed by atoms with van der Waals surface area (Å²) >= 11 is 6.20. The number of aryl methyl sites for hydroxylation is 2. The fourth-order valence-electron chi connectivity index (χ4n) is 2.39. The minimum absolute atomic E-state index is 0.456. The van der Waals surface area contributed by atoms with Crippen molar-refractivity contribution < 1.29 is 0 Å². The maximum absolute atomic E-state index is 6.20. The zero-order chi connectivity index (χ0) is 15.4. The Labute approximate surface area is 132 Å². The number of halogens is 1. The van der Waals surface area contributed by atoms with Gasteiger partial charge in [0.25, 0.3) is 0 Å². The first-order valence-electron chi connectivity index (χ1n) is 7.57. The lowest BCUT2D eigenvalue weighted by Crippen LogP contribution is -2.22. The van der Waals surface area contributed by atoms with E-state index in [4.69, 9.17) is 11.6 Å². The van der Waals surface area contributed by atoms with Gasteiger partial charge in [0, 0.05) is 35.9 Å². The molecule has 0 unspecified atom stereocenters. The number of rotatable bonds is 6. The summed E-state index contributed by atoms with van der Waals surface area (Å²) in [5, 5.41) is 8.83. The van der Waals surface area contributed by atoms with Crippen molar-refractivity contribution in [1.29, 1.82) is 0 Å². The second kappa shape index (κ2) is 7.10. The number of aromatic nitrogens is 2. The third kappa shape index (κ3) is 4.08. The Bertz CT molecular complexity index is 602. The highest BCUT2D eigenvalue weighted by molar-refractivity contribution is 6.30. The normalized spacial score (nSPS) is 11.3. The molecule has 1 aromatic carbocycles. The third-order valence-electron chi connectivity index (χ3n) is 3.46. The van der Waals surface area contributed by atoms with Gasteiger partial charge in [-0.15, -0.1) is 0 Å². The largest absolute Gasteiger partial charge is 0.310 e. The second-order valence-corrected chi connectivity index (χ2v) is 6.16. The molecular weight excluding hydrogens is 282 g/mol. The van der Waals surface area contributed by atoms with Crippen molar-refractivity contribution in [3.63, 3.8) is 0 Å². The summed E-state index contributed by atoms with van der Waals surface area (Å²) < 4.78 is 2.02. The van der Waals surface area contributed by atoms with Gasteiger partial charge in [-0.3, -0.25) is 4.68 Å². The first-order chi connectivity index (χ1) is 10.0. The van der Waals surface area contributed by atoms with Gasteiger partial charge in [-0.2, -0.15) is 5.10 Å². The Morgan fingerprint density at radius 3 is 2.71 bits per heavy atom. The monoisotopic (exact) mass is 305 g/mol. The molecule has 1 aromatic heterocycles. The maximum atomic E-state index is 6.20. The predicted octanol–water partition coefficient (Wildman–Crippen LogP) is 4.42. The highest BCUT2D eigenvalue weighted by Gasteiger charge is 2.12. The highest BCUT2D eigenvalue weighted by Crippen LogP contribution is 2.29. The summed E-state index contributed by atoms with van der Waals surface area (Å²) in [6.45, 7) is 10.3. The van der Waals surface area contributed by atoms with Gasteiger partial charge >= 0.3 is 0 Å². The van der Waals surface area contributed by atoms with Crippen LogP contribution in [0.2, 0.25) is 5.02 Å². The fraction of sp³-hybridized carbons (Fsp3) is 0.471. The maximum Gasteiger partial charge on any atom is 0.0672 e. The van der Waals surface area contributed by atoms with Crippen molar-refractivity contribution >= 4 is 11.6 Å². The average molecular weight is 306 g/mol. The van der Waals surface area contributed by atoms with Gasteiger partial charge in [0.2, 0.25) is 0 Å². The minimum atomic E-state index is 0.456. The van der Waals surface area contributed by atoms with Crippen LogP contribution >= 0.6 is 11.6 Å². The van der Waals surface area contributed by atoms with Crippen LogP contribution in [0.25, 0.3) is 11.1 Å². The van der Waals surface area contributed by atoms with Gasteiger partial charge in [-0.25, -0.2) is 0 Å². The van der Waals surface area contributed by atoms with E-state index in [0.29, 0.717) is 6.04 Å². The van der Waals surface area contributed by atoms with Crippen LogP contribution in [0.3, 0.4) is 0 Å². The molecular formula is C17H24ClN3. The average Bonchev–Trinajstić information content (AvgIpc) is 2.78. The Balaban J connectivity index is 2.39. The molecule has 0 spiro atoms. The summed E-state index contributed by atoms with van der Waals surface area (Å²) in [5.74, 6) is 0. The molecule has 0 aliphatic rings. The van der Waals surface area contributed by atoms with Gasteiger partial charge in [0.05, 0.1) is 5.69 Å². The van der Waals surface area contributed by atoms with E-state index in [-0.39, 0.29) is 0 Å². The zero-order valence-corrected chi connectivity index (χ0v) is 14.0. The molecule has 2 aromatic rings. The van der Waals surface area contributed by atoms with Crippen LogP contribution in [-0.2, 0) is 13.1 Å². The van der Waals surface area contributed by atoms with Crippen molar-refractivity contribution in [1.82, 2.24) is 15.1 Å². The Morgan fingerprint density at radius 2 is 2.05 bits per heavy atom. The molecule has 0 bridgehead atoms. The summed E-state index contributed by atoms with van der Waals surface area (Å²) in [6, 6.07) is 6.55. The van der Waals surface area contributed by atoms with Crippen molar-refractivity contribution in [3.05, 3.63) is 40.7 Å². The van der Waals surface area contributed by atoms with Gasteiger partial charge < -0.3 is 5.32 Å². The Hall–Kier alpha value is -1.32. The molecule has 1 heterocycles. The minimum Gasteiger partial charge on any atom is -0.310 e. The molecule has 0 aliphatic carbocycles. The van der Waals surface area contributed by atoms with E-state index in [1.165, 1.54) is 16.7 Å². The number of nitrogens with zero attached hydrogens (tertiary/aromatic N) is 2. The smallest absolute Gasteiger partial charge is 0.0672 e. The highest BCUT2D eigenvalue weighted by atomic mass is 35.5. The van der Waals surface area contributed by atoms with Crippen molar-refractivity contribution in [3.8, 4) is 11.1 Å². The van der Waals surface area contributed by atoms with Crippen LogP contribution in [0.4, 0.5) is 0 Å². The van der Waals surface area contributed by atoms with Crippen LogP contribution in [0.15, 0.2) is 24.4 Å². The number of benzene rings is 1. The standard InChI is InChI=1S/C17H24ClN3/c1-5-8-21-11-17(13(4)20-21)16-9-15(18)7-6-14(16)10-19-12(2)3/h6-7,9,11-12,19H,5,8,10H2,1-4H3. The summed E-state index contributed by atoms with van der Waals surface area (Å²) in [7, 11) is 0. The summed E-state index contributed by atoms with van der Waals surface area (Å²) in [5.41, 5.74) is 4.66. The first kappa shape index (κ1) is 16.1. The van der Waals surface area contributed by atoms with Crippen molar-refractivity contribution in [2.75, 3.05) is 0 Å². The third-order valence-corrected chi connectivity index (χ3v) is 3.70. The lowest BCUT2D eigenvalue weighted by molar-refractivity contribution is 0.589.